The number of rotatable bonds is 8. The fourth-order valence-corrected chi connectivity index (χ4v) is 3.87. The van der Waals surface area contributed by atoms with Gasteiger partial charge in [0, 0.05) is 43.3 Å². The standard InChI is InChI=1S/C25H34N4O3/c1-4-32-23-12-10-22(11-13-23)27-25(31)29-15-6-9-21(18-29)19-7-5-8-20(17-19)24(30)26-14-16-28(2)3/h5,7-8,10-13,17,21H,4,6,9,14-16,18H2,1-3H3,(H,26,30)(H,27,31). The Labute approximate surface area is 190 Å². The Balaban J connectivity index is 1.59. The smallest absolute Gasteiger partial charge is 0.321 e. The van der Waals surface area contributed by atoms with Crippen LogP contribution in [0.4, 0.5) is 10.5 Å². The number of ether oxygens (including phenoxy) is 1. The minimum absolute atomic E-state index is 0.0605. The topological polar surface area (TPSA) is 73.9 Å². The van der Waals surface area contributed by atoms with Crippen molar-refractivity contribution in [2.24, 2.45) is 0 Å². The summed E-state index contributed by atoms with van der Waals surface area (Å²) in [5, 5.41) is 5.94. The molecule has 3 amide bonds. The number of carbonyl (C=O) groups is 2. The van der Waals surface area contributed by atoms with E-state index in [-0.39, 0.29) is 17.9 Å². The summed E-state index contributed by atoms with van der Waals surface area (Å²) < 4.78 is 5.45. The van der Waals surface area contributed by atoms with Crippen molar-refractivity contribution in [1.29, 1.82) is 0 Å². The van der Waals surface area contributed by atoms with Gasteiger partial charge in [0.1, 0.15) is 5.75 Å². The van der Waals surface area contributed by atoms with Crippen LogP contribution in [0.25, 0.3) is 0 Å². The van der Waals surface area contributed by atoms with Crippen LogP contribution in [0.1, 0.15) is 41.6 Å². The highest BCUT2D eigenvalue weighted by Crippen LogP contribution is 2.28. The maximum Gasteiger partial charge on any atom is 0.321 e. The van der Waals surface area contributed by atoms with Gasteiger partial charge in [0.25, 0.3) is 5.91 Å². The Kier molecular flexibility index (Phi) is 8.50. The van der Waals surface area contributed by atoms with Crippen molar-refractivity contribution >= 4 is 17.6 Å². The van der Waals surface area contributed by atoms with Crippen molar-refractivity contribution in [3.05, 3.63) is 59.7 Å². The third-order valence-electron chi connectivity index (χ3n) is 5.59. The van der Waals surface area contributed by atoms with Crippen LogP contribution in [0.3, 0.4) is 0 Å². The summed E-state index contributed by atoms with van der Waals surface area (Å²) in [5.74, 6) is 0.938. The van der Waals surface area contributed by atoms with Crippen molar-refractivity contribution in [3.8, 4) is 5.75 Å². The van der Waals surface area contributed by atoms with E-state index in [1.54, 1.807) is 0 Å². The fraction of sp³-hybridized carbons (Fsp3) is 0.440. The summed E-state index contributed by atoms with van der Waals surface area (Å²) in [5.41, 5.74) is 2.51. The summed E-state index contributed by atoms with van der Waals surface area (Å²) >= 11 is 0. The second-order valence-corrected chi connectivity index (χ2v) is 8.36. The van der Waals surface area contributed by atoms with Gasteiger partial charge in [-0.15, -0.1) is 0 Å². The molecule has 32 heavy (non-hydrogen) atoms. The van der Waals surface area contributed by atoms with Crippen LogP contribution >= 0.6 is 0 Å². The first kappa shape index (κ1) is 23.6. The van der Waals surface area contributed by atoms with Crippen LogP contribution in [0.5, 0.6) is 5.75 Å². The number of likely N-dealkylation sites (N-methyl/N-ethyl adjacent to an activating group) is 1. The Hall–Kier alpha value is -3.06. The molecule has 3 rings (SSSR count). The number of carbonyl (C=O) groups excluding carboxylic acids is 2. The Morgan fingerprint density at radius 2 is 1.94 bits per heavy atom. The van der Waals surface area contributed by atoms with Crippen molar-refractivity contribution in [3.63, 3.8) is 0 Å². The van der Waals surface area contributed by atoms with E-state index in [4.69, 9.17) is 4.74 Å². The van der Waals surface area contributed by atoms with E-state index in [2.05, 4.69) is 16.7 Å². The molecule has 7 nitrogen and oxygen atoms in total. The van der Waals surface area contributed by atoms with Gasteiger partial charge in [-0.3, -0.25) is 4.79 Å². The highest BCUT2D eigenvalue weighted by Gasteiger charge is 2.25. The van der Waals surface area contributed by atoms with E-state index in [0.29, 0.717) is 25.3 Å². The molecule has 1 atom stereocenters. The molecule has 0 bridgehead atoms. The third-order valence-corrected chi connectivity index (χ3v) is 5.59. The summed E-state index contributed by atoms with van der Waals surface area (Å²) in [6.07, 6.45) is 1.93. The lowest BCUT2D eigenvalue weighted by Crippen LogP contribution is -2.41. The lowest BCUT2D eigenvalue weighted by Gasteiger charge is -2.33. The monoisotopic (exact) mass is 438 g/mol. The van der Waals surface area contributed by atoms with E-state index < -0.39 is 0 Å². The average molecular weight is 439 g/mol. The minimum atomic E-state index is -0.101. The predicted octanol–water partition coefficient (Wildman–Crippen LogP) is 3.79. The van der Waals surface area contributed by atoms with E-state index in [1.165, 1.54) is 0 Å². The zero-order chi connectivity index (χ0) is 22.9. The Morgan fingerprint density at radius 3 is 2.66 bits per heavy atom. The van der Waals surface area contributed by atoms with Crippen molar-refractivity contribution < 1.29 is 14.3 Å². The van der Waals surface area contributed by atoms with Crippen molar-refractivity contribution in [2.45, 2.75) is 25.7 Å². The fourth-order valence-electron chi connectivity index (χ4n) is 3.87. The first-order valence-electron chi connectivity index (χ1n) is 11.3. The van der Waals surface area contributed by atoms with Gasteiger partial charge < -0.3 is 25.2 Å². The molecule has 0 radical (unpaired) electrons. The number of anilines is 1. The van der Waals surface area contributed by atoms with Gasteiger partial charge in [-0.05, 0) is 75.8 Å². The van der Waals surface area contributed by atoms with E-state index in [1.807, 2.05) is 73.3 Å². The molecular weight excluding hydrogens is 404 g/mol. The number of hydrogen-bond donors (Lipinski definition) is 2. The number of hydrogen-bond acceptors (Lipinski definition) is 4. The van der Waals surface area contributed by atoms with Crippen LogP contribution in [-0.2, 0) is 0 Å². The maximum atomic E-state index is 12.8. The zero-order valence-electron chi connectivity index (χ0n) is 19.3. The van der Waals surface area contributed by atoms with Gasteiger partial charge in [0.15, 0.2) is 0 Å². The molecule has 1 aliphatic rings. The highest BCUT2D eigenvalue weighted by atomic mass is 16.5. The normalized spacial score (nSPS) is 16.0. The Bertz CT molecular complexity index is 898. The summed E-state index contributed by atoms with van der Waals surface area (Å²) in [6.45, 7) is 5.32. The molecular formula is C25H34N4O3. The zero-order valence-corrected chi connectivity index (χ0v) is 19.3. The molecule has 2 aromatic rings. The van der Waals surface area contributed by atoms with Gasteiger partial charge in [-0.1, -0.05) is 12.1 Å². The number of nitrogens with one attached hydrogen (secondary N) is 2. The predicted molar refractivity (Wildman–Crippen MR) is 128 cm³/mol. The molecule has 1 saturated heterocycles. The molecule has 1 aliphatic heterocycles. The van der Waals surface area contributed by atoms with Gasteiger partial charge >= 0.3 is 6.03 Å². The lowest BCUT2D eigenvalue weighted by atomic mass is 9.89. The number of benzene rings is 2. The SMILES string of the molecule is CCOc1ccc(NC(=O)N2CCCC(c3cccc(C(=O)NCCN(C)C)c3)C2)cc1. The molecule has 0 saturated carbocycles. The van der Waals surface area contributed by atoms with Crippen LogP contribution in [-0.4, -0.2) is 68.6 Å². The summed E-state index contributed by atoms with van der Waals surface area (Å²) in [6, 6.07) is 15.1. The van der Waals surface area contributed by atoms with Gasteiger partial charge in [0.05, 0.1) is 6.61 Å². The third kappa shape index (κ3) is 6.72. The molecule has 2 aromatic carbocycles. The van der Waals surface area contributed by atoms with E-state index in [0.717, 1.165) is 42.9 Å². The first-order valence-corrected chi connectivity index (χ1v) is 11.3. The second kappa shape index (κ2) is 11.5. The van der Waals surface area contributed by atoms with Gasteiger partial charge in [-0.25, -0.2) is 4.79 Å². The van der Waals surface area contributed by atoms with Crippen molar-refractivity contribution in [2.75, 3.05) is 52.2 Å². The van der Waals surface area contributed by atoms with Crippen LogP contribution in [0.2, 0.25) is 0 Å². The van der Waals surface area contributed by atoms with E-state index >= 15 is 0 Å². The average Bonchev–Trinajstić information content (AvgIpc) is 2.80. The molecule has 1 fully saturated rings. The Morgan fingerprint density at radius 1 is 1.16 bits per heavy atom. The number of urea groups is 1. The number of piperidine rings is 1. The maximum absolute atomic E-state index is 12.8. The molecule has 7 heteroatoms. The number of nitrogens with zero attached hydrogens (tertiary/aromatic N) is 2. The van der Waals surface area contributed by atoms with Crippen LogP contribution in [0.15, 0.2) is 48.5 Å². The second-order valence-electron chi connectivity index (χ2n) is 8.36. The molecule has 1 unspecified atom stereocenters. The van der Waals surface area contributed by atoms with Gasteiger partial charge in [-0.2, -0.15) is 0 Å². The highest BCUT2D eigenvalue weighted by molar-refractivity contribution is 5.94. The summed E-state index contributed by atoms with van der Waals surface area (Å²) in [7, 11) is 3.96. The van der Waals surface area contributed by atoms with Crippen molar-refractivity contribution in [1.82, 2.24) is 15.1 Å². The number of likely N-dealkylation sites (tertiary alicyclic amines) is 1. The molecule has 0 aliphatic carbocycles. The molecule has 1 heterocycles. The number of amides is 3. The molecule has 0 aromatic heterocycles. The largest absolute Gasteiger partial charge is 0.494 e. The summed E-state index contributed by atoms with van der Waals surface area (Å²) in [4.78, 5) is 29.2. The first-order chi connectivity index (χ1) is 15.5. The van der Waals surface area contributed by atoms with Crippen LogP contribution < -0.4 is 15.4 Å². The minimum Gasteiger partial charge on any atom is -0.494 e. The molecule has 2 N–H and O–H groups in total. The van der Waals surface area contributed by atoms with E-state index in [9.17, 15) is 9.59 Å². The molecule has 0 spiro atoms. The van der Waals surface area contributed by atoms with Crippen LogP contribution in [0, 0.1) is 0 Å². The molecule has 172 valence electrons. The quantitative estimate of drug-likeness (QED) is 0.658. The lowest BCUT2D eigenvalue weighted by molar-refractivity contribution is 0.0950. The van der Waals surface area contributed by atoms with Gasteiger partial charge in [0.2, 0.25) is 0 Å².